The molecule has 0 aliphatic heterocycles. The summed E-state index contributed by atoms with van der Waals surface area (Å²) in [6, 6.07) is 12.1. The van der Waals surface area contributed by atoms with E-state index < -0.39 is 11.7 Å². The van der Waals surface area contributed by atoms with E-state index in [9.17, 15) is 9.59 Å². The summed E-state index contributed by atoms with van der Waals surface area (Å²) in [6.45, 7) is 1.79. The second-order valence-electron chi connectivity index (χ2n) is 7.40. The van der Waals surface area contributed by atoms with Crippen molar-refractivity contribution < 1.29 is 4.42 Å². The molecule has 0 spiro atoms. The van der Waals surface area contributed by atoms with Crippen molar-refractivity contribution in [2.24, 2.45) is 7.05 Å². The lowest BCUT2D eigenvalue weighted by Gasteiger charge is -2.12. The van der Waals surface area contributed by atoms with Crippen LogP contribution < -0.4 is 17.0 Å². The molecule has 0 amide bonds. The standard InChI is InChI=1S/C22H19N7O3/c1-13(16-11-32-12-24-16)29-22(31)28-20(26-29)18(15-8-9-17(30)27(2)10-15)19(25-21(28)23)14-6-4-3-5-7-14/h3-13H,1-2H3,(H2,23,25)/t13-/m0/s1. The molecule has 5 aromatic rings. The molecule has 0 aliphatic rings. The van der Waals surface area contributed by atoms with Gasteiger partial charge < -0.3 is 14.7 Å². The Labute approximate surface area is 181 Å². The Morgan fingerprint density at radius 1 is 1.06 bits per heavy atom. The number of hydrogen-bond acceptors (Lipinski definition) is 7. The topological polar surface area (TPSA) is 126 Å². The summed E-state index contributed by atoms with van der Waals surface area (Å²) >= 11 is 0. The third-order valence-corrected chi connectivity index (χ3v) is 5.39. The third kappa shape index (κ3) is 3.00. The van der Waals surface area contributed by atoms with Crippen molar-refractivity contribution in [1.82, 2.24) is 28.7 Å². The van der Waals surface area contributed by atoms with Crippen molar-refractivity contribution in [1.29, 1.82) is 0 Å². The van der Waals surface area contributed by atoms with Crippen molar-refractivity contribution in [3.63, 3.8) is 0 Å². The van der Waals surface area contributed by atoms with Crippen LogP contribution in [-0.4, -0.2) is 28.7 Å². The van der Waals surface area contributed by atoms with Crippen LogP contribution >= 0.6 is 0 Å². The zero-order valence-electron chi connectivity index (χ0n) is 17.3. The summed E-state index contributed by atoms with van der Waals surface area (Å²) in [6.07, 6.45) is 4.45. The van der Waals surface area contributed by atoms with E-state index in [4.69, 9.17) is 10.2 Å². The zero-order chi connectivity index (χ0) is 22.4. The van der Waals surface area contributed by atoms with Crippen molar-refractivity contribution in [3.8, 4) is 22.4 Å². The van der Waals surface area contributed by atoms with Gasteiger partial charge in [-0.1, -0.05) is 30.3 Å². The highest BCUT2D eigenvalue weighted by Gasteiger charge is 2.24. The molecule has 0 aliphatic carbocycles. The van der Waals surface area contributed by atoms with Crippen molar-refractivity contribution >= 4 is 11.6 Å². The van der Waals surface area contributed by atoms with Gasteiger partial charge in [0.2, 0.25) is 11.5 Å². The summed E-state index contributed by atoms with van der Waals surface area (Å²) in [5, 5.41) is 4.62. The van der Waals surface area contributed by atoms with Crippen LogP contribution in [0.5, 0.6) is 0 Å². The molecule has 4 aromatic heterocycles. The first kappa shape index (κ1) is 19.5. The van der Waals surface area contributed by atoms with E-state index in [0.29, 0.717) is 28.2 Å². The zero-order valence-corrected chi connectivity index (χ0v) is 17.3. The lowest BCUT2D eigenvalue weighted by atomic mass is 10.0. The number of nitrogens with two attached hydrogens (primary N) is 1. The number of aryl methyl sites for hydroxylation is 1. The number of anilines is 1. The van der Waals surface area contributed by atoms with Gasteiger partial charge >= 0.3 is 5.69 Å². The minimum absolute atomic E-state index is 0.0102. The second-order valence-corrected chi connectivity index (χ2v) is 7.40. The van der Waals surface area contributed by atoms with Gasteiger partial charge in [0, 0.05) is 30.4 Å². The molecule has 0 saturated carbocycles. The van der Waals surface area contributed by atoms with Crippen LogP contribution in [0.1, 0.15) is 18.7 Å². The van der Waals surface area contributed by atoms with Crippen LogP contribution in [0.25, 0.3) is 28.0 Å². The summed E-state index contributed by atoms with van der Waals surface area (Å²) in [7, 11) is 1.66. The summed E-state index contributed by atoms with van der Waals surface area (Å²) < 4.78 is 9.09. The molecule has 0 radical (unpaired) electrons. The lowest BCUT2D eigenvalue weighted by molar-refractivity contribution is 0.522. The molecule has 5 rings (SSSR count). The number of fused-ring (bicyclic) bond motifs is 1. The molecule has 0 bridgehead atoms. The molecular formula is C22H19N7O3. The first-order valence-corrected chi connectivity index (χ1v) is 9.87. The maximum atomic E-state index is 13.3. The Balaban J connectivity index is 1.88. The molecule has 1 aromatic carbocycles. The van der Waals surface area contributed by atoms with Crippen LogP contribution in [0.3, 0.4) is 0 Å². The highest BCUT2D eigenvalue weighted by atomic mass is 16.3. The number of rotatable bonds is 4. The van der Waals surface area contributed by atoms with Gasteiger partial charge in [-0.25, -0.2) is 23.8 Å². The van der Waals surface area contributed by atoms with Crippen molar-refractivity contribution in [2.45, 2.75) is 13.0 Å². The van der Waals surface area contributed by atoms with E-state index in [1.165, 1.54) is 32.4 Å². The fourth-order valence-corrected chi connectivity index (χ4v) is 3.70. The maximum Gasteiger partial charge on any atom is 0.353 e. The van der Waals surface area contributed by atoms with Crippen LogP contribution in [0, 0.1) is 0 Å². The first-order chi connectivity index (χ1) is 15.5. The van der Waals surface area contributed by atoms with Gasteiger partial charge in [-0.2, -0.15) is 0 Å². The van der Waals surface area contributed by atoms with Gasteiger partial charge in [0.15, 0.2) is 12.0 Å². The maximum absolute atomic E-state index is 13.3. The fourth-order valence-electron chi connectivity index (χ4n) is 3.70. The number of benzene rings is 1. The number of nitrogens with zero attached hydrogens (tertiary/aromatic N) is 6. The fraction of sp³-hybridized carbons (Fsp3) is 0.136. The van der Waals surface area contributed by atoms with Crippen molar-refractivity contribution in [2.75, 3.05) is 5.73 Å². The average molecular weight is 429 g/mol. The molecule has 160 valence electrons. The van der Waals surface area contributed by atoms with Crippen LogP contribution in [0.15, 0.2) is 75.3 Å². The van der Waals surface area contributed by atoms with Crippen LogP contribution in [0.4, 0.5) is 5.95 Å². The lowest BCUT2D eigenvalue weighted by Crippen LogP contribution is -2.26. The van der Waals surface area contributed by atoms with E-state index in [0.717, 1.165) is 5.56 Å². The average Bonchev–Trinajstić information content (AvgIpc) is 3.45. The molecular weight excluding hydrogens is 410 g/mol. The van der Waals surface area contributed by atoms with Gasteiger partial charge in [-0.05, 0) is 13.0 Å². The van der Waals surface area contributed by atoms with Gasteiger partial charge in [-0.15, -0.1) is 5.10 Å². The molecule has 0 saturated heterocycles. The predicted octanol–water partition coefficient (Wildman–Crippen LogP) is 2.10. The number of pyridine rings is 1. The van der Waals surface area contributed by atoms with E-state index in [-0.39, 0.29) is 11.5 Å². The summed E-state index contributed by atoms with van der Waals surface area (Å²) in [5.41, 5.74) is 9.13. The summed E-state index contributed by atoms with van der Waals surface area (Å²) in [5.74, 6) is 0.0102. The molecule has 10 heteroatoms. The van der Waals surface area contributed by atoms with Gasteiger partial charge in [0.1, 0.15) is 12.0 Å². The minimum Gasteiger partial charge on any atom is -0.451 e. The van der Waals surface area contributed by atoms with E-state index in [2.05, 4.69) is 15.1 Å². The SMILES string of the molecule is C[C@@H](c1cocn1)n1nc2c(-c3ccc(=O)n(C)c3)c(-c3ccccc3)nc(N)n2c1=O. The molecule has 0 fully saturated rings. The monoisotopic (exact) mass is 429 g/mol. The first-order valence-electron chi connectivity index (χ1n) is 9.87. The van der Waals surface area contributed by atoms with E-state index in [1.54, 1.807) is 26.2 Å². The van der Waals surface area contributed by atoms with E-state index >= 15 is 0 Å². The largest absolute Gasteiger partial charge is 0.451 e. The molecule has 2 N–H and O–H groups in total. The Kier molecular flexibility index (Phi) is 4.47. The normalized spacial score (nSPS) is 12.3. The second kappa shape index (κ2) is 7.34. The van der Waals surface area contributed by atoms with Gasteiger partial charge in [0.25, 0.3) is 0 Å². The molecule has 32 heavy (non-hydrogen) atoms. The third-order valence-electron chi connectivity index (χ3n) is 5.39. The highest BCUT2D eigenvalue weighted by molar-refractivity contribution is 5.90. The van der Waals surface area contributed by atoms with Crippen LogP contribution in [-0.2, 0) is 7.05 Å². The number of hydrogen-bond donors (Lipinski definition) is 1. The molecule has 4 heterocycles. The predicted molar refractivity (Wildman–Crippen MR) is 118 cm³/mol. The molecule has 0 unspecified atom stereocenters. The summed E-state index contributed by atoms with van der Waals surface area (Å²) in [4.78, 5) is 34.0. The number of oxazole rings is 1. The van der Waals surface area contributed by atoms with Gasteiger partial charge in [-0.3, -0.25) is 4.79 Å². The highest BCUT2D eigenvalue weighted by Crippen LogP contribution is 2.34. The molecule has 10 nitrogen and oxygen atoms in total. The van der Waals surface area contributed by atoms with E-state index in [1.807, 2.05) is 30.3 Å². The minimum atomic E-state index is -0.492. The van der Waals surface area contributed by atoms with Gasteiger partial charge in [0.05, 0.1) is 17.3 Å². The Hall–Kier alpha value is -4.47. The number of nitrogen functional groups attached to an aromatic ring is 1. The Bertz CT molecular complexity index is 1550. The Morgan fingerprint density at radius 3 is 2.53 bits per heavy atom. The Morgan fingerprint density at radius 2 is 1.84 bits per heavy atom. The van der Waals surface area contributed by atoms with Crippen molar-refractivity contribution in [3.05, 3.63) is 87.9 Å². The smallest absolute Gasteiger partial charge is 0.353 e. The van der Waals surface area contributed by atoms with Crippen LogP contribution in [0.2, 0.25) is 0 Å². The molecule has 1 atom stereocenters. The number of aromatic nitrogens is 6. The quantitative estimate of drug-likeness (QED) is 0.464.